The van der Waals surface area contributed by atoms with Crippen LogP contribution in [0.5, 0.6) is 0 Å². The Morgan fingerprint density at radius 2 is 2.04 bits per heavy atom. The van der Waals surface area contributed by atoms with Gasteiger partial charge < -0.3 is 15.0 Å². The van der Waals surface area contributed by atoms with Crippen molar-refractivity contribution < 1.29 is 71.2 Å². The molecule has 0 amide bonds. The molecule has 4 nitrogen and oxygen atoms in total. The topological polar surface area (TPSA) is 77.4 Å². The van der Waals surface area contributed by atoms with E-state index in [1.807, 2.05) is 6.08 Å². The van der Waals surface area contributed by atoms with E-state index in [0.717, 1.165) is 25.7 Å². The molecule has 0 unspecified atom stereocenters. The summed E-state index contributed by atoms with van der Waals surface area (Å²) < 4.78 is 0. The number of ketones is 1. The minimum absolute atomic E-state index is 0. The zero-order valence-corrected chi connectivity index (χ0v) is 20.4. The van der Waals surface area contributed by atoms with Crippen molar-refractivity contribution in [2.45, 2.75) is 64.4 Å². The summed E-state index contributed by atoms with van der Waals surface area (Å²) in [6, 6.07) is 0. The van der Waals surface area contributed by atoms with Gasteiger partial charge in [-0.2, -0.15) is 0 Å². The van der Waals surface area contributed by atoms with Crippen molar-refractivity contribution in [2.75, 3.05) is 0 Å². The molecule has 1 N–H and O–H groups in total. The fraction of sp³-hybridized carbons (Fsp3) is 0.739. The van der Waals surface area contributed by atoms with Gasteiger partial charge in [-0.05, 0) is 85.2 Å². The third-order valence-corrected chi connectivity index (χ3v) is 9.39. The second kappa shape index (κ2) is 6.86. The third-order valence-electron chi connectivity index (χ3n) is 9.39. The van der Waals surface area contributed by atoms with Gasteiger partial charge in [0.15, 0.2) is 5.78 Å². The Morgan fingerprint density at radius 3 is 2.75 bits per heavy atom. The Hall–Kier alpha value is 0.216. The SMILES string of the molecule is C[C@]12CCC(=O)C=C1C=C[C@H]1[C@@H]3[C@H]4C[C@H]4[C@@](O)(CCC(=O)[O-])[C@@]3(C)CC[C@@H]12.[K+]. The van der Waals surface area contributed by atoms with Crippen LogP contribution in [-0.2, 0) is 9.59 Å². The number of aliphatic carboxylic acids is 1. The van der Waals surface area contributed by atoms with Gasteiger partial charge in [-0.15, -0.1) is 0 Å². The molecule has 3 saturated carbocycles. The molecule has 0 aliphatic heterocycles. The van der Waals surface area contributed by atoms with Crippen LogP contribution in [0.25, 0.3) is 0 Å². The van der Waals surface area contributed by atoms with Crippen molar-refractivity contribution in [2.24, 2.45) is 40.4 Å². The standard InChI is InChI=1S/C23H30O4.K/c1-21-8-5-14(24)11-13(21)3-4-15-17(21)6-9-22(2)20(15)16-12-18(16)23(22,27)10-7-19(25)26;/h3-4,11,15-18,20,27H,5-10,12H2,1-2H3,(H,25,26);/q;+1/p-1/t15-,16+,17+,18-,20-,21+,22+,23+;/m1./s1. The second-order valence-corrected chi connectivity index (χ2v) is 10.3. The molecule has 5 rings (SSSR count). The molecule has 8 atom stereocenters. The molecular formula is C23H29KO4. The average Bonchev–Trinajstić information content (AvgIpc) is 3.37. The summed E-state index contributed by atoms with van der Waals surface area (Å²) in [5, 5.41) is 22.7. The number of carbonyl (C=O) groups is 2. The van der Waals surface area contributed by atoms with Gasteiger partial charge in [0.05, 0.1) is 5.60 Å². The Morgan fingerprint density at radius 1 is 1.29 bits per heavy atom. The molecule has 146 valence electrons. The summed E-state index contributed by atoms with van der Waals surface area (Å²) >= 11 is 0. The van der Waals surface area contributed by atoms with Crippen LogP contribution >= 0.6 is 0 Å². The number of rotatable bonds is 3. The molecule has 5 aliphatic carbocycles. The third kappa shape index (κ3) is 2.72. The predicted molar refractivity (Wildman–Crippen MR) is 98.2 cm³/mol. The number of allylic oxidation sites excluding steroid dienone is 4. The smallest absolute Gasteiger partial charge is 0.550 e. The first-order valence-corrected chi connectivity index (χ1v) is 10.6. The molecule has 0 spiro atoms. The Kier molecular flexibility index (Phi) is 5.26. The Bertz CT molecular complexity index is 787. The van der Waals surface area contributed by atoms with Crippen molar-refractivity contribution in [3.05, 3.63) is 23.8 Å². The van der Waals surface area contributed by atoms with E-state index in [4.69, 9.17) is 0 Å². The second-order valence-electron chi connectivity index (χ2n) is 10.3. The van der Waals surface area contributed by atoms with E-state index >= 15 is 0 Å². The zero-order chi connectivity index (χ0) is 19.2. The van der Waals surface area contributed by atoms with Crippen LogP contribution in [0.2, 0.25) is 0 Å². The molecule has 0 bridgehead atoms. The summed E-state index contributed by atoms with van der Waals surface area (Å²) in [4.78, 5) is 23.0. The fourth-order valence-corrected chi connectivity index (χ4v) is 7.89. The number of fused-ring (bicyclic) bond motifs is 7. The van der Waals surface area contributed by atoms with Gasteiger partial charge in [-0.1, -0.05) is 26.0 Å². The molecule has 5 heteroatoms. The first-order chi connectivity index (χ1) is 12.7. The number of aliphatic hydroxyl groups is 1. The molecule has 0 saturated heterocycles. The van der Waals surface area contributed by atoms with Crippen LogP contribution < -0.4 is 56.5 Å². The number of hydrogen-bond acceptors (Lipinski definition) is 4. The first-order valence-electron chi connectivity index (χ1n) is 10.6. The quantitative estimate of drug-likeness (QED) is 0.634. The van der Waals surface area contributed by atoms with Crippen LogP contribution in [0.4, 0.5) is 0 Å². The maximum absolute atomic E-state index is 11.9. The van der Waals surface area contributed by atoms with Crippen molar-refractivity contribution >= 4 is 11.8 Å². The minimum Gasteiger partial charge on any atom is -0.550 e. The zero-order valence-electron chi connectivity index (χ0n) is 17.2. The fourth-order valence-electron chi connectivity index (χ4n) is 7.89. The maximum Gasteiger partial charge on any atom is 1.00 e. The average molecular weight is 409 g/mol. The summed E-state index contributed by atoms with van der Waals surface area (Å²) in [6.07, 6.45) is 11.2. The van der Waals surface area contributed by atoms with E-state index < -0.39 is 11.6 Å². The number of carboxylic acid groups (broad SMARTS) is 1. The van der Waals surface area contributed by atoms with Gasteiger partial charge in [0, 0.05) is 17.8 Å². The van der Waals surface area contributed by atoms with Crippen LogP contribution in [0.15, 0.2) is 23.8 Å². The largest absolute Gasteiger partial charge is 1.00 e. The van der Waals surface area contributed by atoms with Crippen molar-refractivity contribution in [1.29, 1.82) is 0 Å². The molecule has 0 radical (unpaired) electrons. The number of hydrogen-bond donors (Lipinski definition) is 1. The van der Waals surface area contributed by atoms with E-state index in [9.17, 15) is 19.8 Å². The van der Waals surface area contributed by atoms with Gasteiger partial charge in [0.25, 0.3) is 0 Å². The summed E-state index contributed by atoms with van der Waals surface area (Å²) in [6.45, 7) is 4.54. The Labute approximate surface area is 209 Å². The van der Waals surface area contributed by atoms with Crippen LogP contribution in [-0.4, -0.2) is 22.5 Å². The Balaban J connectivity index is 0.00000192. The van der Waals surface area contributed by atoms with Gasteiger partial charge >= 0.3 is 51.4 Å². The van der Waals surface area contributed by atoms with Gasteiger partial charge in [-0.25, -0.2) is 0 Å². The molecular weight excluding hydrogens is 379 g/mol. The summed E-state index contributed by atoms with van der Waals surface area (Å²) in [7, 11) is 0. The normalized spacial score (nSPS) is 50.5. The minimum atomic E-state index is -1.06. The van der Waals surface area contributed by atoms with Crippen LogP contribution in [0.3, 0.4) is 0 Å². The molecule has 0 aromatic heterocycles. The number of carbonyl (C=O) groups excluding carboxylic acids is 2. The monoisotopic (exact) mass is 408 g/mol. The van der Waals surface area contributed by atoms with E-state index in [2.05, 4.69) is 26.0 Å². The molecule has 0 aromatic carbocycles. The number of carboxylic acids is 1. The van der Waals surface area contributed by atoms with Gasteiger partial charge in [0.2, 0.25) is 0 Å². The maximum atomic E-state index is 11.9. The molecule has 5 aliphatic rings. The van der Waals surface area contributed by atoms with Gasteiger partial charge in [-0.3, -0.25) is 4.79 Å². The van der Waals surface area contributed by atoms with Crippen molar-refractivity contribution in [1.82, 2.24) is 0 Å². The van der Waals surface area contributed by atoms with Crippen LogP contribution in [0.1, 0.15) is 58.8 Å². The van der Waals surface area contributed by atoms with E-state index in [-0.39, 0.29) is 80.3 Å². The summed E-state index contributed by atoms with van der Waals surface area (Å²) in [5.41, 5.74) is 0.163. The van der Waals surface area contributed by atoms with Crippen molar-refractivity contribution in [3.8, 4) is 0 Å². The first kappa shape index (κ1) is 21.4. The molecule has 0 heterocycles. The van der Waals surface area contributed by atoms with E-state index in [0.29, 0.717) is 36.5 Å². The molecule has 0 aromatic rings. The van der Waals surface area contributed by atoms with E-state index in [1.54, 1.807) is 0 Å². The molecule has 28 heavy (non-hydrogen) atoms. The van der Waals surface area contributed by atoms with Gasteiger partial charge in [0.1, 0.15) is 0 Å². The van der Waals surface area contributed by atoms with Crippen LogP contribution in [0, 0.1) is 40.4 Å². The predicted octanol–water partition coefficient (Wildman–Crippen LogP) is -0.585. The van der Waals surface area contributed by atoms with Crippen molar-refractivity contribution in [3.63, 3.8) is 0 Å². The molecule has 3 fully saturated rings. The van der Waals surface area contributed by atoms with E-state index in [1.165, 1.54) is 5.57 Å². The summed E-state index contributed by atoms with van der Waals surface area (Å²) in [5.74, 6) is 1.30.